The smallest absolute Gasteiger partial charge is 0.406 e. The molecule has 1 aliphatic heterocycles. The molecule has 0 saturated carbocycles. The first kappa shape index (κ1) is 27.4. The molecule has 1 fully saturated rings. The highest BCUT2D eigenvalue weighted by molar-refractivity contribution is 6.00. The van der Waals surface area contributed by atoms with Crippen LogP contribution in [0.5, 0.6) is 5.75 Å². The normalized spacial score (nSPS) is 18.7. The number of ether oxygens (including phenoxy) is 1. The maximum atomic E-state index is 13.6. The van der Waals surface area contributed by atoms with Crippen molar-refractivity contribution in [3.63, 3.8) is 0 Å². The van der Waals surface area contributed by atoms with Gasteiger partial charge in [-0.2, -0.15) is 13.2 Å². The second-order valence-corrected chi connectivity index (χ2v) is 9.30. The minimum Gasteiger partial charge on any atom is -0.406 e. The number of alkyl halides is 6. The van der Waals surface area contributed by atoms with Crippen molar-refractivity contribution in [3.05, 3.63) is 89.5 Å². The van der Waals surface area contributed by atoms with E-state index >= 15 is 0 Å². The summed E-state index contributed by atoms with van der Waals surface area (Å²) in [5, 5.41) is 3.17. The maximum Gasteiger partial charge on any atom is 0.573 e. The Morgan fingerprint density at radius 3 is 2.08 bits per heavy atom. The van der Waals surface area contributed by atoms with Crippen LogP contribution in [0.4, 0.5) is 36.4 Å². The second kappa shape index (κ2) is 9.90. The van der Waals surface area contributed by atoms with Gasteiger partial charge in [0, 0.05) is 17.4 Å². The van der Waals surface area contributed by atoms with Crippen LogP contribution < -0.4 is 15.0 Å². The van der Waals surface area contributed by atoms with E-state index in [1.807, 2.05) is 0 Å². The van der Waals surface area contributed by atoms with Crippen LogP contribution >= 0.6 is 0 Å². The van der Waals surface area contributed by atoms with E-state index in [2.05, 4.69) is 15.0 Å². The predicted octanol–water partition coefficient (Wildman–Crippen LogP) is 6.51. The summed E-state index contributed by atoms with van der Waals surface area (Å²) in [6.45, 7) is 3.37. The number of hydrogen-bond donors (Lipinski definition) is 1. The molecule has 0 radical (unpaired) electrons. The zero-order valence-electron chi connectivity index (χ0n) is 20.1. The van der Waals surface area contributed by atoms with Crippen LogP contribution in [0, 0.1) is 5.82 Å². The van der Waals surface area contributed by atoms with E-state index in [0.29, 0.717) is 11.1 Å². The molecule has 5 nitrogen and oxygen atoms in total. The number of pyridine rings is 1. The summed E-state index contributed by atoms with van der Waals surface area (Å²) in [5.74, 6) is -1.36. The van der Waals surface area contributed by atoms with Gasteiger partial charge in [-0.1, -0.05) is 18.2 Å². The number of benzene rings is 2. The fourth-order valence-corrected chi connectivity index (χ4v) is 4.41. The standard InChI is InChI=1S/C26H22F7N3O2/c1-24(2,16-5-12-22(34-14-16)25(28,29)30)35-20-13-21(15-3-6-17(27)7-4-15)36(23(20)37)18-8-10-19(11-9-18)38-26(31,32)33/h3-12,14,20-21,35H,13H2,1-2H3/t20-,21-/m1/s1. The summed E-state index contributed by atoms with van der Waals surface area (Å²) in [7, 11) is 0. The van der Waals surface area contributed by atoms with Crippen molar-refractivity contribution in [1.29, 1.82) is 0 Å². The van der Waals surface area contributed by atoms with E-state index in [-0.39, 0.29) is 12.1 Å². The molecule has 1 aromatic heterocycles. The summed E-state index contributed by atoms with van der Waals surface area (Å²) in [5.41, 5.74) is -0.741. The molecule has 2 aromatic carbocycles. The number of amides is 1. The van der Waals surface area contributed by atoms with Crippen molar-refractivity contribution >= 4 is 11.6 Å². The number of halogens is 7. The van der Waals surface area contributed by atoms with Crippen LogP contribution in [0.15, 0.2) is 66.9 Å². The minimum atomic E-state index is -4.88. The van der Waals surface area contributed by atoms with Gasteiger partial charge in [-0.05, 0) is 73.9 Å². The quantitative estimate of drug-likeness (QED) is 0.362. The Bertz CT molecular complexity index is 1270. The van der Waals surface area contributed by atoms with Crippen LogP contribution in [0.2, 0.25) is 0 Å². The topological polar surface area (TPSA) is 54.5 Å². The number of hydrogen-bond acceptors (Lipinski definition) is 4. The van der Waals surface area contributed by atoms with Crippen LogP contribution in [0.1, 0.15) is 43.1 Å². The average molecular weight is 541 g/mol. The second-order valence-electron chi connectivity index (χ2n) is 9.30. The van der Waals surface area contributed by atoms with Gasteiger partial charge < -0.3 is 9.64 Å². The Morgan fingerprint density at radius 1 is 0.921 bits per heavy atom. The lowest BCUT2D eigenvalue weighted by Crippen LogP contribution is -2.47. The largest absolute Gasteiger partial charge is 0.573 e. The number of nitrogens with zero attached hydrogens (tertiary/aromatic N) is 2. The lowest BCUT2D eigenvalue weighted by atomic mass is 9.93. The highest BCUT2D eigenvalue weighted by Gasteiger charge is 2.43. The molecule has 38 heavy (non-hydrogen) atoms. The molecule has 2 heterocycles. The summed E-state index contributed by atoms with van der Waals surface area (Å²) >= 11 is 0. The number of aromatic nitrogens is 1. The number of rotatable bonds is 6. The molecule has 202 valence electrons. The Labute approximate surface area is 213 Å². The lowest BCUT2D eigenvalue weighted by Gasteiger charge is -2.30. The van der Waals surface area contributed by atoms with Crippen LogP contribution in [-0.2, 0) is 16.5 Å². The summed E-state index contributed by atoms with van der Waals surface area (Å²) in [4.78, 5) is 18.5. The minimum absolute atomic E-state index is 0.197. The van der Waals surface area contributed by atoms with E-state index in [4.69, 9.17) is 0 Å². The number of carbonyl (C=O) groups is 1. The van der Waals surface area contributed by atoms with Crippen molar-refractivity contribution in [2.45, 2.75) is 50.4 Å². The first-order valence-corrected chi connectivity index (χ1v) is 11.4. The van der Waals surface area contributed by atoms with Gasteiger partial charge in [-0.3, -0.25) is 15.1 Å². The van der Waals surface area contributed by atoms with Gasteiger partial charge in [0.25, 0.3) is 0 Å². The fraction of sp³-hybridized carbons (Fsp3) is 0.308. The van der Waals surface area contributed by atoms with Gasteiger partial charge in [0.1, 0.15) is 17.3 Å². The molecule has 0 bridgehead atoms. The highest BCUT2D eigenvalue weighted by Crippen LogP contribution is 2.39. The van der Waals surface area contributed by atoms with Gasteiger partial charge >= 0.3 is 12.5 Å². The molecule has 0 spiro atoms. The van der Waals surface area contributed by atoms with Gasteiger partial charge in [0.2, 0.25) is 5.91 Å². The zero-order chi connectivity index (χ0) is 27.9. The van der Waals surface area contributed by atoms with Crippen molar-refractivity contribution in [3.8, 4) is 5.75 Å². The maximum absolute atomic E-state index is 13.6. The van der Waals surface area contributed by atoms with Gasteiger partial charge in [-0.15, -0.1) is 13.2 Å². The monoisotopic (exact) mass is 541 g/mol. The van der Waals surface area contributed by atoms with E-state index in [9.17, 15) is 35.5 Å². The first-order chi connectivity index (χ1) is 17.6. The predicted molar refractivity (Wildman–Crippen MR) is 124 cm³/mol. The molecule has 1 amide bonds. The number of carbonyl (C=O) groups excluding carboxylic acids is 1. The Kier molecular flexibility index (Phi) is 7.13. The molecule has 12 heteroatoms. The molecule has 2 atom stereocenters. The third-order valence-corrected chi connectivity index (χ3v) is 6.22. The van der Waals surface area contributed by atoms with Crippen molar-refractivity contribution in [1.82, 2.24) is 10.3 Å². The van der Waals surface area contributed by atoms with Crippen molar-refractivity contribution in [2.75, 3.05) is 4.90 Å². The third kappa shape index (κ3) is 6.07. The van der Waals surface area contributed by atoms with Gasteiger partial charge in [0.05, 0.1) is 12.1 Å². The Morgan fingerprint density at radius 2 is 1.55 bits per heavy atom. The first-order valence-electron chi connectivity index (χ1n) is 11.4. The molecular formula is C26H22F7N3O2. The van der Waals surface area contributed by atoms with E-state index in [1.165, 1.54) is 47.4 Å². The zero-order valence-corrected chi connectivity index (χ0v) is 20.1. The van der Waals surface area contributed by atoms with Crippen LogP contribution in [0.25, 0.3) is 0 Å². The fourth-order valence-electron chi connectivity index (χ4n) is 4.41. The van der Waals surface area contributed by atoms with Crippen LogP contribution in [-0.4, -0.2) is 23.3 Å². The average Bonchev–Trinajstić information content (AvgIpc) is 3.14. The molecule has 1 N–H and O–H groups in total. The van der Waals surface area contributed by atoms with Gasteiger partial charge in [-0.25, -0.2) is 4.39 Å². The van der Waals surface area contributed by atoms with Crippen molar-refractivity contribution < 1.29 is 40.3 Å². The van der Waals surface area contributed by atoms with E-state index in [1.54, 1.807) is 13.8 Å². The van der Waals surface area contributed by atoms with Gasteiger partial charge in [0.15, 0.2) is 0 Å². The summed E-state index contributed by atoms with van der Waals surface area (Å²) < 4.78 is 93.9. The van der Waals surface area contributed by atoms with E-state index in [0.717, 1.165) is 24.4 Å². The number of anilines is 1. The molecular weight excluding hydrogens is 519 g/mol. The highest BCUT2D eigenvalue weighted by atomic mass is 19.4. The molecule has 0 aliphatic carbocycles. The summed E-state index contributed by atoms with van der Waals surface area (Å²) in [6.07, 6.45) is -8.19. The molecule has 0 unspecified atom stereocenters. The van der Waals surface area contributed by atoms with E-state index < -0.39 is 53.3 Å². The Hall–Kier alpha value is -3.67. The SMILES string of the molecule is CC(C)(N[C@@H]1C[C@H](c2ccc(F)cc2)N(c2ccc(OC(F)(F)F)cc2)C1=O)c1ccc(C(F)(F)F)nc1. The van der Waals surface area contributed by atoms with Crippen molar-refractivity contribution in [2.24, 2.45) is 0 Å². The molecule has 3 aromatic rings. The Balaban J connectivity index is 1.62. The molecule has 1 saturated heterocycles. The molecule has 1 aliphatic rings. The lowest BCUT2D eigenvalue weighted by molar-refractivity contribution is -0.274. The number of nitrogens with one attached hydrogen (secondary N) is 1. The van der Waals surface area contributed by atoms with Crippen LogP contribution in [0.3, 0.4) is 0 Å². The molecule has 4 rings (SSSR count). The summed E-state index contributed by atoms with van der Waals surface area (Å²) in [6, 6.07) is 11.0. The third-order valence-electron chi connectivity index (χ3n) is 6.22.